The lowest BCUT2D eigenvalue weighted by molar-refractivity contribution is 0.0690. The molecule has 0 aliphatic heterocycles. The second kappa shape index (κ2) is 7.70. The molecule has 0 spiro atoms. The van der Waals surface area contributed by atoms with Gasteiger partial charge in [-0.2, -0.15) is 4.98 Å². The number of rotatable bonds is 9. The van der Waals surface area contributed by atoms with Crippen molar-refractivity contribution in [3.8, 4) is 0 Å². The van der Waals surface area contributed by atoms with Gasteiger partial charge in [0.1, 0.15) is 6.26 Å². The SMILES string of the molecule is CCCCCCCCNc1nc(C(=O)O)co1. The van der Waals surface area contributed by atoms with Crippen LogP contribution < -0.4 is 5.32 Å². The summed E-state index contributed by atoms with van der Waals surface area (Å²) in [5.74, 6) is -1.07. The molecular formula is C12H20N2O3. The fraction of sp³-hybridized carbons (Fsp3) is 0.667. The van der Waals surface area contributed by atoms with Gasteiger partial charge in [-0.3, -0.25) is 0 Å². The van der Waals surface area contributed by atoms with Crippen molar-refractivity contribution in [2.45, 2.75) is 45.4 Å². The maximum Gasteiger partial charge on any atom is 0.357 e. The predicted octanol–water partition coefficient (Wildman–Crippen LogP) is 3.15. The van der Waals surface area contributed by atoms with E-state index < -0.39 is 5.97 Å². The molecule has 0 aliphatic carbocycles. The third kappa shape index (κ3) is 5.38. The van der Waals surface area contributed by atoms with E-state index in [9.17, 15) is 4.79 Å². The number of carboxylic acids is 1. The molecule has 1 aromatic rings. The van der Waals surface area contributed by atoms with Crippen molar-refractivity contribution < 1.29 is 14.3 Å². The highest BCUT2D eigenvalue weighted by molar-refractivity contribution is 5.85. The van der Waals surface area contributed by atoms with Crippen molar-refractivity contribution in [1.82, 2.24) is 4.98 Å². The number of aromatic nitrogens is 1. The van der Waals surface area contributed by atoms with Crippen molar-refractivity contribution in [3.05, 3.63) is 12.0 Å². The summed E-state index contributed by atoms with van der Waals surface area (Å²) in [5.41, 5.74) is -0.0598. The molecule has 0 amide bonds. The van der Waals surface area contributed by atoms with Gasteiger partial charge in [-0.1, -0.05) is 39.0 Å². The van der Waals surface area contributed by atoms with Gasteiger partial charge in [0.05, 0.1) is 0 Å². The topological polar surface area (TPSA) is 75.4 Å². The molecule has 17 heavy (non-hydrogen) atoms. The molecule has 1 aromatic heterocycles. The van der Waals surface area contributed by atoms with Gasteiger partial charge < -0.3 is 14.8 Å². The summed E-state index contributed by atoms with van der Waals surface area (Å²) < 4.78 is 4.97. The Kier molecular flexibility index (Phi) is 6.14. The Bertz CT molecular complexity index is 336. The van der Waals surface area contributed by atoms with Crippen LogP contribution in [0.25, 0.3) is 0 Å². The Labute approximate surface area is 101 Å². The molecule has 5 nitrogen and oxygen atoms in total. The minimum Gasteiger partial charge on any atom is -0.476 e. The smallest absolute Gasteiger partial charge is 0.357 e. The van der Waals surface area contributed by atoms with E-state index in [2.05, 4.69) is 17.2 Å². The zero-order chi connectivity index (χ0) is 12.5. The Morgan fingerprint density at radius 2 is 2.06 bits per heavy atom. The Balaban J connectivity index is 2.07. The van der Waals surface area contributed by atoms with Gasteiger partial charge in [-0.15, -0.1) is 0 Å². The van der Waals surface area contributed by atoms with Gasteiger partial charge >= 0.3 is 5.97 Å². The molecule has 0 aliphatic rings. The molecular weight excluding hydrogens is 220 g/mol. The van der Waals surface area contributed by atoms with E-state index in [0.29, 0.717) is 0 Å². The first-order valence-corrected chi connectivity index (χ1v) is 6.16. The van der Waals surface area contributed by atoms with Gasteiger partial charge in [0.25, 0.3) is 6.01 Å². The number of nitrogens with zero attached hydrogens (tertiary/aromatic N) is 1. The summed E-state index contributed by atoms with van der Waals surface area (Å²) in [6.07, 6.45) is 8.47. The number of aromatic carboxylic acids is 1. The summed E-state index contributed by atoms with van der Waals surface area (Å²) in [7, 11) is 0. The number of hydrogen-bond acceptors (Lipinski definition) is 4. The molecule has 1 heterocycles. The fourth-order valence-electron chi connectivity index (χ4n) is 1.55. The highest BCUT2D eigenvalue weighted by Gasteiger charge is 2.09. The second-order valence-corrected chi connectivity index (χ2v) is 4.04. The lowest BCUT2D eigenvalue weighted by Gasteiger charge is -2.01. The molecule has 0 atom stereocenters. The average molecular weight is 240 g/mol. The molecule has 2 N–H and O–H groups in total. The summed E-state index contributed by atoms with van der Waals surface area (Å²) in [4.78, 5) is 14.3. The maximum absolute atomic E-state index is 10.5. The zero-order valence-corrected chi connectivity index (χ0v) is 10.2. The van der Waals surface area contributed by atoms with Gasteiger partial charge in [0.2, 0.25) is 0 Å². The quantitative estimate of drug-likeness (QED) is 0.648. The Morgan fingerprint density at radius 3 is 2.71 bits per heavy atom. The van der Waals surface area contributed by atoms with Crippen LogP contribution >= 0.6 is 0 Å². The minimum absolute atomic E-state index is 0.0598. The van der Waals surface area contributed by atoms with E-state index in [0.717, 1.165) is 19.2 Å². The first-order chi connectivity index (χ1) is 8.24. The first-order valence-electron chi connectivity index (χ1n) is 6.16. The number of carbonyl (C=O) groups is 1. The molecule has 0 radical (unpaired) electrons. The fourth-order valence-corrected chi connectivity index (χ4v) is 1.55. The summed E-state index contributed by atoms with van der Waals surface area (Å²) in [6.45, 7) is 2.97. The molecule has 96 valence electrons. The van der Waals surface area contributed by atoms with Crippen LogP contribution in [-0.2, 0) is 0 Å². The number of carboxylic acid groups (broad SMARTS) is 1. The van der Waals surface area contributed by atoms with Crippen molar-refractivity contribution in [2.75, 3.05) is 11.9 Å². The minimum atomic E-state index is -1.07. The molecule has 0 saturated carbocycles. The van der Waals surface area contributed by atoms with E-state index in [4.69, 9.17) is 9.52 Å². The third-order valence-corrected chi connectivity index (χ3v) is 2.53. The molecule has 5 heteroatoms. The molecule has 0 unspecified atom stereocenters. The van der Waals surface area contributed by atoms with E-state index in [1.165, 1.54) is 32.1 Å². The molecule has 0 bridgehead atoms. The molecule has 0 fully saturated rings. The van der Waals surface area contributed by atoms with Crippen LogP contribution in [0.2, 0.25) is 0 Å². The van der Waals surface area contributed by atoms with Crippen molar-refractivity contribution >= 4 is 12.0 Å². The normalized spacial score (nSPS) is 10.4. The second-order valence-electron chi connectivity index (χ2n) is 4.04. The highest BCUT2D eigenvalue weighted by Crippen LogP contribution is 2.09. The van der Waals surface area contributed by atoms with Crippen molar-refractivity contribution in [2.24, 2.45) is 0 Å². The molecule has 0 aromatic carbocycles. The lowest BCUT2D eigenvalue weighted by atomic mass is 10.1. The number of unbranched alkanes of at least 4 members (excludes halogenated alkanes) is 5. The van der Waals surface area contributed by atoms with Gasteiger partial charge in [-0.25, -0.2) is 4.79 Å². The van der Waals surface area contributed by atoms with E-state index in [1.54, 1.807) is 0 Å². The van der Waals surface area contributed by atoms with Crippen LogP contribution in [0.15, 0.2) is 10.7 Å². The standard InChI is InChI=1S/C12H20N2O3/c1-2-3-4-5-6-7-8-13-12-14-10(9-17-12)11(15)16/h9H,2-8H2,1H3,(H,13,14)(H,15,16). The van der Waals surface area contributed by atoms with Crippen LogP contribution in [0, 0.1) is 0 Å². The van der Waals surface area contributed by atoms with E-state index >= 15 is 0 Å². The Hall–Kier alpha value is -1.52. The monoisotopic (exact) mass is 240 g/mol. The summed E-state index contributed by atoms with van der Waals surface area (Å²) in [6, 6.07) is 0.288. The van der Waals surface area contributed by atoms with Crippen molar-refractivity contribution in [3.63, 3.8) is 0 Å². The Morgan fingerprint density at radius 1 is 1.35 bits per heavy atom. The van der Waals surface area contributed by atoms with Gasteiger partial charge in [0.15, 0.2) is 5.69 Å². The largest absolute Gasteiger partial charge is 0.476 e. The average Bonchev–Trinajstić information content (AvgIpc) is 2.77. The zero-order valence-electron chi connectivity index (χ0n) is 10.2. The number of nitrogens with one attached hydrogen (secondary N) is 1. The van der Waals surface area contributed by atoms with E-state index in [-0.39, 0.29) is 11.7 Å². The summed E-state index contributed by atoms with van der Waals surface area (Å²) in [5, 5.41) is 11.6. The van der Waals surface area contributed by atoms with Crippen LogP contribution in [0.4, 0.5) is 6.01 Å². The third-order valence-electron chi connectivity index (χ3n) is 2.53. The van der Waals surface area contributed by atoms with Crippen LogP contribution in [0.5, 0.6) is 0 Å². The first kappa shape index (κ1) is 13.5. The van der Waals surface area contributed by atoms with Crippen LogP contribution in [0.1, 0.15) is 55.9 Å². The van der Waals surface area contributed by atoms with Gasteiger partial charge in [-0.05, 0) is 6.42 Å². The molecule has 0 saturated heterocycles. The van der Waals surface area contributed by atoms with Crippen LogP contribution in [0.3, 0.4) is 0 Å². The van der Waals surface area contributed by atoms with Crippen LogP contribution in [-0.4, -0.2) is 22.6 Å². The lowest BCUT2D eigenvalue weighted by Crippen LogP contribution is -2.03. The number of anilines is 1. The molecule has 1 rings (SSSR count). The highest BCUT2D eigenvalue weighted by atomic mass is 16.4. The van der Waals surface area contributed by atoms with Crippen molar-refractivity contribution in [1.29, 1.82) is 0 Å². The maximum atomic E-state index is 10.5. The predicted molar refractivity (Wildman–Crippen MR) is 65.3 cm³/mol. The van der Waals surface area contributed by atoms with E-state index in [1.807, 2.05) is 0 Å². The number of hydrogen-bond donors (Lipinski definition) is 2. The van der Waals surface area contributed by atoms with Gasteiger partial charge in [0, 0.05) is 6.54 Å². The summed E-state index contributed by atoms with van der Waals surface area (Å²) >= 11 is 0. The number of oxazole rings is 1.